The van der Waals surface area contributed by atoms with Crippen LogP contribution in [0.25, 0.3) is 21.5 Å². The fourth-order valence-electron chi connectivity index (χ4n) is 4.09. The van der Waals surface area contributed by atoms with Gasteiger partial charge in [-0.1, -0.05) is 84.9 Å². The highest BCUT2D eigenvalue weighted by Crippen LogP contribution is 2.27. The highest BCUT2D eigenvalue weighted by Gasteiger charge is 2.19. The van der Waals surface area contributed by atoms with Crippen molar-refractivity contribution in [2.24, 2.45) is 0 Å². The van der Waals surface area contributed by atoms with E-state index in [0.29, 0.717) is 23.4 Å². The summed E-state index contributed by atoms with van der Waals surface area (Å²) in [4.78, 5) is 28.3. The van der Waals surface area contributed by atoms with Gasteiger partial charge in [0, 0.05) is 25.2 Å². The molecule has 0 atom stereocenters. The zero-order valence-electron chi connectivity index (χ0n) is 18.8. The minimum Gasteiger partial charge on any atom is -0.337 e. The van der Waals surface area contributed by atoms with Crippen molar-refractivity contribution in [1.29, 1.82) is 0 Å². The van der Waals surface area contributed by atoms with Gasteiger partial charge in [-0.05, 0) is 45.3 Å². The molecule has 1 radical (unpaired) electrons. The smallest absolute Gasteiger partial charge is 0.256 e. The molecule has 5 rings (SSSR count). The zero-order chi connectivity index (χ0) is 23.5. The van der Waals surface area contributed by atoms with Crippen LogP contribution < -0.4 is 5.32 Å². The summed E-state index contributed by atoms with van der Waals surface area (Å²) >= 11 is 0. The first-order valence-electron chi connectivity index (χ1n) is 11.1. The number of carbonyl (C=O) groups is 2. The molecule has 0 aromatic heterocycles. The summed E-state index contributed by atoms with van der Waals surface area (Å²) in [6.07, 6.45) is 0. The van der Waals surface area contributed by atoms with Crippen molar-refractivity contribution in [2.75, 3.05) is 12.4 Å². The molecule has 4 heteroatoms. The number of amides is 2. The largest absolute Gasteiger partial charge is 0.337 e. The molecule has 0 saturated carbocycles. The van der Waals surface area contributed by atoms with Gasteiger partial charge in [-0.25, -0.2) is 0 Å². The Kier molecular flexibility index (Phi) is 5.79. The van der Waals surface area contributed by atoms with Crippen LogP contribution in [0.1, 0.15) is 26.3 Å². The van der Waals surface area contributed by atoms with Crippen molar-refractivity contribution in [3.05, 3.63) is 126 Å². The molecule has 0 aliphatic heterocycles. The fourth-order valence-corrected chi connectivity index (χ4v) is 4.09. The summed E-state index contributed by atoms with van der Waals surface area (Å²) in [6.45, 7) is 0.471. The molecule has 0 heterocycles. The van der Waals surface area contributed by atoms with Gasteiger partial charge >= 0.3 is 0 Å². The Labute approximate surface area is 198 Å². The van der Waals surface area contributed by atoms with E-state index in [4.69, 9.17) is 0 Å². The number of fused-ring (bicyclic) bond motifs is 2. The van der Waals surface area contributed by atoms with E-state index in [1.54, 1.807) is 18.0 Å². The minimum absolute atomic E-state index is 0.160. The second-order valence-electron chi connectivity index (χ2n) is 8.31. The fraction of sp³-hybridized carbons (Fsp3) is 0.0667. The van der Waals surface area contributed by atoms with Gasteiger partial charge < -0.3 is 10.2 Å². The van der Waals surface area contributed by atoms with E-state index in [2.05, 4.69) is 11.4 Å². The predicted octanol–water partition coefficient (Wildman–Crippen LogP) is 6.32. The van der Waals surface area contributed by atoms with Crippen LogP contribution >= 0.6 is 0 Å². The molecule has 5 aromatic carbocycles. The first kappa shape index (κ1) is 21.4. The van der Waals surface area contributed by atoms with Gasteiger partial charge in [0.1, 0.15) is 0 Å². The Bertz CT molecular complexity index is 1510. The maximum atomic E-state index is 13.5. The lowest BCUT2D eigenvalue weighted by atomic mass is 10.0. The summed E-state index contributed by atoms with van der Waals surface area (Å²) in [5.74, 6) is -0.465. The summed E-state index contributed by atoms with van der Waals surface area (Å²) in [5.41, 5.74) is 2.39. The number of hydrogen-bond donors (Lipinski definition) is 1. The molecule has 0 aliphatic carbocycles. The predicted molar refractivity (Wildman–Crippen MR) is 137 cm³/mol. The zero-order valence-corrected chi connectivity index (χ0v) is 18.8. The van der Waals surface area contributed by atoms with E-state index in [1.807, 2.05) is 97.1 Å². The molecule has 0 bridgehead atoms. The molecule has 0 unspecified atom stereocenters. The summed E-state index contributed by atoms with van der Waals surface area (Å²) in [5, 5.41) is 6.74. The number of nitrogens with one attached hydrogen (secondary N) is 1. The average molecular weight is 444 g/mol. The van der Waals surface area contributed by atoms with E-state index >= 15 is 0 Å². The number of nitrogens with zero attached hydrogens (tertiary/aromatic N) is 1. The molecule has 5 aromatic rings. The van der Waals surface area contributed by atoms with Crippen molar-refractivity contribution in [2.45, 2.75) is 6.54 Å². The molecule has 34 heavy (non-hydrogen) atoms. The Morgan fingerprint density at radius 2 is 1.41 bits per heavy atom. The molecule has 0 saturated heterocycles. The van der Waals surface area contributed by atoms with Crippen LogP contribution in [0.15, 0.2) is 103 Å². The monoisotopic (exact) mass is 443 g/mol. The Morgan fingerprint density at radius 1 is 0.765 bits per heavy atom. The molecule has 165 valence electrons. The van der Waals surface area contributed by atoms with Crippen molar-refractivity contribution >= 4 is 39.0 Å². The number of anilines is 1. The van der Waals surface area contributed by atoms with Gasteiger partial charge in [0.05, 0.1) is 11.3 Å². The average Bonchev–Trinajstić information content (AvgIpc) is 2.88. The first-order chi connectivity index (χ1) is 16.6. The second kappa shape index (κ2) is 9.20. The molecule has 0 aliphatic rings. The number of benzene rings is 5. The van der Waals surface area contributed by atoms with Gasteiger partial charge in [-0.3, -0.25) is 9.59 Å². The molecule has 0 fully saturated rings. The lowest BCUT2D eigenvalue weighted by Gasteiger charge is -2.20. The Balaban J connectivity index is 1.49. The quantitative estimate of drug-likeness (QED) is 0.346. The standard InChI is InChI=1S/C30H23N2O2/c1-32(20-21-9-3-2-4-10-21)30(34)27-18-24-13-7-8-14-25(24)19-28(27)31-29(33)26-16-15-22-11-5-6-12-23(22)17-26/h2-16,18-19H,20H2,1H3,(H,31,33). The number of hydrogen-bond acceptors (Lipinski definition) is 2. The summed E-state index contributed by atoms with van der Waals surface area (Å²) in [6, 6.07) is 36.0. The molecular formula is C30H23N2O2. The summed E-state index contributed by atoms with van der Waals surface area (Å²) < 4.78 is 0. The lowest BCUT2D eigenvalue weighted by Crippen LogP contribution is -2.27. The van der Waals surface area contributed by atoms with E-state index in [-0.39, 0.29) is 11.8 Å². The maximum Gasteiger partial charge on any atom is 0.256 e. The van der Waals surface area contributed by atoms with Gasteiger partial charge in [0.25, 0.3) is 11.8 Å². The van der Waals surface area contributed by atoms with E-state index in [1.165, 1.54) is 0 Å². The topological polar surface area (TPSA) is 49.4 Å². The van der Waals surface area contributed by atoms with Crippen LogP contribution in [-0.4, -0.2) is 23.8 Å². The highest BCUT2D eigenvalue weighted by molar-refractivity contribution is 6.12. The number of rotatable bonds is 5. The lowest BCUT2D eigenvalue weighted by molar-refractivity contribution is 0.0786. The summed E-state index contributed by atoms with van der Waals surface area (Å²) in [7, 11) is 1.77. The van der Waals surface area contributed by atoms with Crippen molar-refractivity contribution in [3.63, 3.8) is 0 Å². The Morgan fingerprint density at radius 3 is 2.18 bits per heavy atom. The third-order valence-corrected chi connectivity index (χ3v) is 5.88. The van der Waals surface area contributed by atoms with Crippen LogP contribution in [0.2, 0.25) is 0 Å². The van der Waals surface area contributed by atoms with Gasteiger partial charge in [0.15, 0.2) is 0 Å². The van der Waals surface area contributed by atoms with Crippen molar-refractivity contribution in [1.82, 2.24) is 4.90 Å². The SMILES string of the molecule is CN(Cc1ccccc1)C(=O)c1cc2ccccc2cc1NC(=O)c1[c]c2ccccc2cc1. The minimum atomic E-state index is -0.305. The van der Waals surface area contributed by atoms with Crippen LogP contribution in [0.3, 0.4) is 0 Å². The molecule has 1 N–H and O–H groups in total. The van der Waals surface area contributed by atoms with E-state index in [0.717, 1.165) is 27.1 Å². The maximum absolute atomic E-state index is 13.5. The van der Waals surface area contributed by atoms with Gasteiger partial charge in [0.2, 0.25) is 0 Å². The van der Waals surface area contributed by atoms with Crippen molar-refractivity contribution < 1.29 is 9.59 Å². The molecular weight excluding hydrogens is 420 g/mol. The third-order valence-electron chi connectivity index (χ3n) is 5.88. The van der Waals surface area contributed by atoms with Gasteiger partial charge in [-0.15, -0.1) is 0 Å². The first-order valence-corrected chi connectivity index (χ1v) is 11.1. The van der Waals surface area contributed by atoms with Gasteiger partial charge in [-0.2, -0.15) is 0 Å². The normalized spacial score (nSPS) is 10.9. The van der Waals surface area contributed by atoms with Crippen molar-refractivity contribution in [3.8, 4) is 0 Å². The van der Waals surface area contributed by atoms with Crippen LogP contribution in [0.5, 0.6) is 0 Å². The van der Waals surface area contributed by atoms with Crippen LogP contribution in [-0.2, 0) is 6.54 Å². The number of carbonyl (C=O) groups excluding carboxylic acids is 2. The molecule has 4 nitrogen and oxygen atoms in total. The van der Waals surface area contributed by atoms with E-state index < -0.39 is 0 Å². The highest BCUT2D eigenvalue weighted by atomic mass is 16.2. The van der Waals surface area contributed by atoms with Crippen LogP contribution in [0, 0.1) is 6.07 Å². The second-order valence-corrected chi connectivity index (χ2v) is 8.31. The third kappa shape index (κ3) is 4.39. The van der Waals surface area contributed by atoms with E-state index in [9.17, 15) is 9.59 Å². The van der Waals surface area contributed by atoms with Crippen LogP contribution in [0.4, 0.5) is 5.69 Å². The molecule has 0 spiro atoms. The Hall–Kier alpha value is -4.44. The molecule has 2 amide bonds.